The van der Waals surface area contributed by atoms with Gasteiger partial charge in [0.2, 0.25) is 5.91 Å². The van der Waals surface area contributed by atoms with Crippen LogP contribution in [0, 0.1) is 0 Å². The van der Waals surface area contributed by atoms with Gasteiger partial charge in [-0.05, 0) is 19.1 Å². The molecule has 1 rings (SSSR count). The molecule has 0 aromatic heterocycles. The van der Waals surface area contributed by atoms with Gasteiger partial charge in [0, 0.05) is 13.1 Å². The lowest BCUT2D eigenvalue weighted by molar-refractivity contribution is -0.132. The zero-order chi connectivity index (χ0) is 8.10. The Morgan fingerprint density at radius 1 is 1.64 bits per heavy atom. The van der Waals surface area contributed by atoms with Crippen molar-refractivity contribution in [3.8, 4) is 0 Å². The van der Waals surface area contributed by atoms with E-state index in [1.54, 1.807) is 16.8 Å². The number of rotatable bonds is 2. The minimum Gasteiger partial charge on any atom is -0.277 e. The zero-order valence-electron chi connectivity index (χ0n) is 6.80. The van der Waals surface area contributed by atoms with Crippen LogP contribution in [-0.2, 0) is 4.79 Å². The number of nitrogens with one attached hydrogen (secondary N) is 1. The Balaban J connectivity index is 2.27. The van der Waals surface area contributed by atoms with Crippen LogP contribution in [-0.4, -0.2) is 36.0 Å². The Morgan fingerprint density at radius 2 is 2.45 bits per heavy atom. The van der Waals surface area contributed by atoms with Crippen molar-refractivity contribution in [3.05, 3.63) is 0 Å². The smallest absolute Gasteiger partial charge is 0.246 e. The van der Waals surface area contributed by atoms with Gasteiger partial charge in [0.05, 0.1) is 5.75 Å². The largest absolute Gasteiger partial charge is 0.277 e. The van der Waals surface area contributed by atoms with Crippen molar-refractivity contribution in [2.24, 2.45) is 0 Å². The summed E-state index contributed by atoms with van der Waals surface area (Å²) in [6, 6.07) is 0. The van der Waals surface area contributed by atoms with Gasteiger partial charge in [-0.2, -0.15) is 11.8 Å². The average molecular weight is 174 g/mol. The monoisotopic (exact) mass is 174 g/mol. The quantitative estimate of drug-likeness (QED) is 0.660. The second-order valence-electron chi connectivity index (χ2n) is 2.59. The molecule has 1 fully saturated rings. The van der Waals surface area contributed by atoms with Crippen LogP contribution in [0.25, 0.3) is 0 Å². The van der Waals surface area contributed by atoms with Gasteiger partial charge in [0.1, 0.15) is 0 Å². The van der Waals surface area contributed by atoms with Crippen molar-refractivity contribution < 1.29 is 4.79 Å². The van der Waals surface area contributed by atoms with Gasteiger partial charge in [-0.3, -0.25) is 9.80 Å². The molecule has 0 spiro atoms. The third kappa shape index (κ3) is 2.71. The molecule has 0 aromatic carbocycles. The fourth-order valence-electron chi connectivity index (χ4n) is 1.10. The van der Waals surface area contributed by atoms with Crippen molar-refractivity contribution in [1.29, 1.82) is 0 Å². The normalized spacial score (nSPS) is 18.5. The molecule has 64 valence electrons. The summed E-state index contributed by atoms with van der Waals surface area (Å²) in [4.78, 5) is 11.2. The highest BCUT2D eigenvalue weighted by Crippen LogP contribution is 2.02. The van der Waals surface area contributed by atoms with Gasteiger partial charge in [-0.1, -0.05) is 0 Å². The average Bonchev–Trinajstić information content (AvgIpc) is 2.07. The molecule has 0 aromatic rings. The number of nitrogens with zero attached hydrogens (tertiary/aromatic N) is 1. The zero-order valence-corrected chi connectivity index (χ0v) is 7.62. The van der Waals surface area contributed by atoms with Crippen LogP contribution < -0.4 is 5.43 Å². The van der Waals surface area contributed by atoms with Crippen LogP contribution in [0.2, 0.25) is 0 Å². The van der Waals surface area contributed by atoms with E-state index >= 15 is 0 Å². The van der Waals surface area contributed by atoms with Crippen molar-refractivity contribution in [2.75, 3.05) is 25.1 Å². The Morgan fingerprint density at radius 3 is 3.00 bits per heavy atom. The standard InChI is InChI=1S/C7H14N2OS/c1-11-6-7(10)9-5-3-2-4-8-9/h8H,2-6H2,1H3. The molecular weight excluding hydrogens is 160 g/mol. The molecule has 0 aliphatic carbocycles. The van der Waals surface area contributed by atoms with Crippen LogP contribution in [0.15, 0.2) is 0 Å². The van der Waals surface area contributed by atoms with Gasteiger partial charge in [0.15, 0.2) is 0 Å². The second-order valence-corrected chi connectivity index (χ2v) is 3.46. The Hall–Kier alpha value is -0.220. The van der Waals surface area contributed by atoms with Gasteiger partial charge in [-0.25, -0.2) is 5.43 Å². The Bertz CT molecular complexity index is 134. The van der Waals surface area contributed by atoms with Crippen molar-refractivity contribution in [3.63, 3.8) is 0 Å². The molecule has 1 saturated heterocycles. The highest BCUT2D eigenvalue weighted by atomic mass is 32.2. The number of carbonyl (C=O) groups excluding carboxylic acids is 1. The van der Waals surface area contributed by atoms with E-state index in [9.17, 15) is 4.79 Å². The van der Waals surface area contributed by atoms with Gasteiger partial charge < -0.3 is 0 Å². The molecular formula is C7H14N2OS. The summed E-state index contributed by atoms with van der Waals surface area (Å²) >= 11 is 1.57. The van der Waals surface area contributed by atoms with Crippen molar-refractivity contribution in [1.82, 2.24) is 10.4 Å². The number of thioether (sulfide) groups is 1. The highest BCUT2D eigenvalue weighted by molar-refractivity contribution is 7.99. The van der Waals surface area contributed by atoms with Crippen LogP contribution >= 0.6 is 11.8 Å². The molecule has 0 saturated carbocycles. The third-order valence-corrected chi connectivity index (χ3v) is 2.22. The van der Waals surface area contributed by atoms with Crippen LogP contribution in [0.3, 0.4) is 0 Å². The summed E-state index contributed by atoms with van der Waals surface area (Å²) in [5.74, 6) is 0.796. The molecule has 1 amide bonds. The van der Waals surface area contributed by atoms with E-state index in [-0.39, 0.29) is 5.91 Å². The lowest BCUT2D eigenvalue weighted by atomic mass is 10.3. The first kappa shape index (κ1) is 8.87. The Labute approximate surface area is 71.5 Å². The molecule has 1 N–H and O–H groups in total. The van der Waals surface area contributed by atoms with E-state index in [1.807, 2.05) is 6.26 Å². The molecule has 0 atom stereocenters. The fraction of sp³-hybridized carbons (Fsp3) is 0.857. The summed E-state index contributed by atoms with van der Waals surface area (Å²) in [5, 5.41) is 1.74. The van der Waals surface area contributed by atoms with Gasteiger partial charge in [-0.15, -0.1) is 0 Å². The van der Waals surface area contributed by atoms with Gasteiger partial charge >= 0.3 is 0 Å². The van der Waals surface area contributed by atoms with E-state index in [0.717, 1.165) is 19.5 Å². The lowest BCUT2D eigenvalue weighted by Gasteiger charge is -2.27. The van der Waals surface area contributed by atoms with E-state index in [4.69, 9.17) is 0 Å². The first-order valence-electron chi connectivity index (χ1n) is 3.87. The number of hydrazine groups is 1. The Kier molecular flexibility index (Phi) is 3.72. The summed E-state index contributed by atoms with van der Waals surface area (Å²) in [5.41, 5.74) is 3.07. The first-order chi connectivity index (χ1) is 5.34. The number of hydrogen-bond acceptors (Lipinski definition) is 3. The third-order valence-electron chi connectivity index (χ3n) is 1.68. The lowest BCUT2D eigenvalue weighted by Crippen LogP contribution is -2.47. The summed E-state index contributed by atoms with van der Waals surface area (Å²) < 4.78 is 0. The fourth-order valence-corrected chi connectivity index (χ4v) is 1.51. The minimum absolute atomic E-state index is 0.206. The maximum absolute atomic E-state index is 11.2. The molecule has 11 heavy (non-hydrogen) atoms. The maximum atomic E-state index is 11.2. The molecule has 3 nitrogen and oxygen atoms in total. The molecule has 1 aliphatic heterocycles. The highest BCUT2D eigenvalue weighted by Gasteiger charge is 2.14. The predicted octanol–water partition coefficient (Wildman–Crippen LogP) is 0.476. The molecule has 1 aliphatic rings. The maximum Gasteiger partial charge on any atom is 0.246 e. The van der Waals surface area contributed by atoms with E-state index in [2.05, 4.69) is 5.43 Å². The predicted molar refractivity (Wildman–Crippen MR) is 47.3 cm³/mol. The summed E-state index contributed by atoms with van der Waals surface area (Å²) in [6.45, 7) is 1.82. The molecule has 0 bridgehead atoms. The molecule has 4 heteroatoms. The second kappa shape index (κ2) is 4.62. The summed E-state index contributed by atoms with van der Waals surface area (Å²) in [6.07, 6.45) is 4.26. The topological polar surface area (TPSA) is 32.3 Å². The minimum atomic E-state index is 0.206. The van der Waals surface area contributed by atoms with Crippen molar-refractivity contribution >= 4 is 17.7 Å². The van der Waals surface area contributed by atoms with Crippen LogP contribution in [0.1, 0.15) is 12.8 Å². The van der Waals surface area contributed by atoms with Crippen LogP contribution in [0.5, 0.6) is 0 Å². The first-order valence-corrected chi connectivity index (χ1v) is 5.27. The summed E-state index contributed by atoms with van der Waals surface area (Å²) in [7, 11) is 0. The van der Waals surface area contributed by atoms with E-state index < -0.39 is 0 Å². The van der Waals surface area contributed by atoms with Gasteiger partial charge in [0.25, 0.3) is 0 Å². The molecule has 0 radical (unpaired) electrons. The van der Waals surface area contributed by atoms with Crippen LogP contribution in [0.4, 0.5) is 0 Å². The number of carbonyl (C=O) groups is 1. The number of amides is 1. The molecule has 1 heterocycles. The van der Waals surface area contributed by atoms with E-state index in [0.29, 0.717) is 5.75 Å². The number of hydrogen-bond donors (Lipinski definition) is 1. The SMILES string of the molecule is CSCC(=O)N1CCCCN1. The van der Waals surface area contributed by atoms with Crippen molar-refractivity contribution in [2.45, 2.75) is 12.8 Å². The molecule has 0 unspecified atom stereocenters. The van der Waals surface area contributed by atoms with E-state index in [1.165, 1.54) is 6.42 Å².